The highest BCUT2D eigenvalue weighted by atomic mass is 16.5. The molecule has 1 aromatic heterocycles. The van der Waals surface area contributed by atoms with Gasteiger partial charge < -0.3 is 24.3 Å². The van der Waals surface area contributed by atoms with Gasteiger partial charge in [0.25, 0.3) is 0 Å². The number of rotatable bonds is 10. The van der Waals surface area contributed by atoms with Crippen molar-refractivity contribution in [1.82, 2.24) is 14.5 Å². The molecule has 0 bridgehead atoms. The zero-order chi connectivity index (χ0) is 24.8. The van der Waals surface area contributed by atoms with Crippen LogP contribution in [0.15, 0.2) is 60.9 Å². The molecule has 2 heterocycles. The van der Waals surface area contributed by atoms with Crippen molar-refractivity contribution in [2.75, 3.05) is 19.0 Å². The topological polar surface area (TPSA) is 85.7 Å². The third-order valence-electron chi connectivity index (χ3n) is 6.39. The van der Waals surface area contributed by atoms with E-state index in [1.54, 1.807) is 25.4 Å². The molecule has 0 aliphatic carbocycles. The molecular weight excluding hydrogens is 444 g/mol. The second kappa shape index (κ2) is 11.1. The maximum absolute atomic E-state index is 13.3. The van der Waals surface area contributed by atoms with Gasteiger partial charge in [-0.15, -0.1) is 0 Å². The zero-order valence-electron chi connectivity index (χ0n) is 20.4. The van der Waals surface area contributed by atoms with Crippen molar-refractivity contribution in [3.63, 3.8) is 0 Å². The smallest absolute Gasteiger partial charge is 0.230 e. The van der Waals surface area contributed by atoms with Crippen LogP contribution in [-0.2, 0) is 23.2 Å². The van der Waals surface area contributed by atoms with Crippen LogP contribution >= 0.6 is 0 Å². The number of benzene rings is 2. The number of hydrogen-bond donors (Lipinski definition) is 1. The first-order valence-electron chi connectivity index (χ1n) is 11.9. The van der Waals surface area contributed by atoms with Crippen LogP contribution in [0.25, 0.3) is 0 Å². The molecule has 1 saturated heterocycles. The fraction of sp³-hybridized carbons (Fsp3) is 0.370. The Morgan fingerprint density at radius 1 is 1.11 bits per heavy atom. The maximum Gasteiger partial charge on any atom is 0.230 e. The molecule has 184 valence electrons. The number of unbranched alkanes of at least 4 members (excludes halogenated alkanes) is 1. The summed E-state index contributed by atoms with van der Waals surface area (Å²) in [6, 6.07) is 14.5. The molecule has 2 atom stereocenters. The van der Waals surface area contributed by atoms with E-state index < -0.39 is 5.92 Å². The molecule has 0 radical (unpaired) electrons. The Bertz CT molecular complexity index is 1140. The third-order valence-corrected chi connectivity index (χ3v) is 6.39. The number of anilines is 1. The number of imidazole rings is 1. The van der Waals surface area contributed by atoms with Gasteiger partial charge >= 0.3 is 0 Å². The summed E-state index contributed by atoms with van der Waals surface area (Å²) in [6.07, 6.45) is 5.66. The minimum Gasteiger partial charge on any atom is -0.497 e. The Labute approximate surface area is 205 Å². The Morgan fingerprint density at radius 3 is 2.46 bits per heavy atom. The van der Waals surface area contributed by atoms with Crippen molar-refractivity contribution in [2.24, 2.45) is 13.0 Å². The predicted molar refractivity (Wildman–Crippen MR) is 133 cm³/mol. The lowest BCUT2D eigenvalue weighted by Crippen LogP contribution is -2.33. The Hall–Kier alpha value is -3.81. The third kappa shape index (κ3) is 5.65. The number of nitrogens with zero attached hydrogens (tertiary/aromatic N) is 3. The first kappa shape index (κ1) is 24.3. The Morgan fingerprint density at radius 2 is 1.83 bits per heavy atom. The molecule has 3 aromatic rings. The summed E-state index contributed by atoms with van der Waals surface area (Å²) in [5.74, 6) is 1.61. The SMILES string of the molecule is CCCCN1C(=O)CC(C(=O)Nc2ccc(OCc3nccn3C)cc2)C1c1ccc(OC)cc1. The summed E-state index contributed by atoms with van der Waals surface area (Å²) in [6.45, 7) is 3.09. The molecular formula is C27H32N4O4. The van der Waals surface area contributed by atoms with Crippen LogP contribution in [-0.4, -0.2) is 39.9 Å². The van der Waals surface area contributed by atoms with Gasteiger partial charge in [0, 0.05) is 38.1 Å². The monoisotopic (exact) mass is 476 g/mol. The molecule has 35 heavy (non-hydrogen) atoms. The number of hydrogen-bond acceptors (Lipinski definition) is 5. The van der Waals surface area contributed by atoms with Gasteiger partial charge in [0.1, 0.15) is 23.9 Å². The highest BCUT2D eigenvalue weighted by Gasteiger charge is 2.44. The molecule has 2 amide bonds. The first-order chi connectivity index (χ1) is 17.0. The van der Waals surface area contributed by atoms with Gasteiger partial charge in [-0.05, 0) is 48.4 Å². The minimum atomic E-state index is -0.480. The van der Waals surface area contributed by atoms with Crippen molar-refractivity contribution in [1.29, 1.82) is 0 Å². The molecule has 0 saturated carbocycles. The predicted octanol–water partition coefficient (Wildman–Crippen LogP) is 4.34. The number of likely N-dealkylation sites (tertiary alicyclic amines) is 1. The first-order valence-corrected chi connectivity index (χ1v) is 11.9. The number of amides is 2. The van der Waals surface area contributed by atoms with Crippen LogP contribution in [0.5, 0.6) is 11.5 Å². The number of aryl methyl sites for hydroxylation is 1. The summed E-state index contributed by atoms with van der Waals surface area (Å²) in [5, 5.41) is 2.99. The Kier molecular flexibility index (Phi) is 7.70. The summed E-state index contributed by atoms with van der Waals surface area (Å²) in [5.41, 5.74) is 1.60. The van der Waals surface area contributed by atoms with Gasteiger partial charge in [-0.2, -0.15) is 0 Å². The number of carbonyl (C=O) groups excluding carboxylic acids is 2. The highest BCUT2D eigenvalue weighted by Crippen LogP contribution is 2.39. The molecule has 0 spiro atoms. The van der Waals surface area contributed by atoms with Crippen LogP contribution in [0.2, 0.25) is 0 Å². The van der Waals surface area contributed by atoms with Crippen LogP contribution in [0.4, 0.5) is 5.69 Å². The summed E-state index contributed by atoms with van der Waals surface area (Å²) >= 11 is 0. The largest absolute Gasteiger partial charge is 0.497 e. The van der Waals surface area contributed by atoms with E-state index in [9.17, 15) is 9.59 Å². The number of methoxy groups -OCH3 is 1. The molecule has 1 N–H and O–H groups in total. The quantitative estimate of drug-likeness (QED) is 0.471. The number of nitrogens with one attached hydrogen (secondary N) is 1. The lowest BCUT2D eigenvalue weighted by atomic mass is 9.92. The van der Waals surface area contributed by atoms with Crippen molar-refractivity contribution in [3.8, 4) is 11.5 Å². The number of ether oxygens (including phenoxy) is 2. The van der Waals surface area contributed by atoms with E-state index in [1.807, 2.05) is 59.1 Å². The number of aromatic nitrogens is 2. The Balaban J connectivity index is 1.46. The van der Waals surface area contributed by atoms with E-state index >= 15 is 0 Å². The van der Waals surface area contributed by atoms with Gasteiger partial charge in [0.15, 0.2) is 0 Å². The van der Waals surface area contributed by atoms with Crippen LogP contribution in [0.3, 0.4) is 0 Å². The molecule has 2 aromatic carbocycles. The normalized spacial score (nSPS) is 17.5. The van der Waals surface area contributed by atoms with Gasteiger partial charge in [0.2, 0.25) is 11.8 Å². The van der Waals surface area contributed by atoms with E-state index in [0.717, 1.165) is 30.0 Å². The molecule has 8 heteroatoms. The van der Waals surface area contributed by atoms with Crippen molar-refractivity contribution < 1.29 is 19.1 Å². The van der Waals surface area contributed by atoms with E-state index in [0.29, 0.717) is 24.6 Å². The highest BCUT2D eigenvalue weighted by molar-refractivity contribution is 5.98. The van der Waals surface area contributed by atoms with Gasteiger partial charge in [-0.3, -0.25) is 9.59 Å². The van der Waals surface area contributed by atoms with Crippen molar-refractivity contribution in [3.05, 3.63) is 72.3 Å². The van der Waals surface area contributed by atoms with Crippen molar-refractivity contribution >= 4 is 17.5 Å². The minimum absolute atomic E-state index is 0.0115. The summed E-state index contributed by atoms with van der Waals surface area (Å²) in [7, 11) is 3.54. The summed E-state index contributed by atoms with van der Waals surface area (Å²) < 4.78 is 13.0. The molecule has 2 unspecified atom stereocenters. The maximum atomic E-state index is 13.3. The molecule has 1 aliphatic rings. The number of carbonyl (C=O) groups is 2. The lowest BCUT2D eigenvalue weighted by Gasteiger charge is -2.28. The fourth-order valence-electron chi connectivity index (χ4n) is 4.38. The van der Waals surface area contributed by atoms with E-state index in [1.165, 1.54) is 0 Å². The summed E-state index contributed by atoms with van der Waals surface area (Å²) in [4.78, 5) is 32.3. The second-order valence-corrected chi connectivity index (χ2v) is 8.73. The van der Waals surface area contributed by atoms with Crippen molar-refractivity contribution in [2.45, 2.75) is 38.8 Å². The molecule has 8 nitrogen and oxygen atoms in total. The standard InChI is InChI=1S/C27H32N4O4/c1-4-5-15-31-25(32)17-23(26(31)19-6-10-21(34-3)11-7-19)27(33)29-20-8-12-22(13-9-20)35-18-24-28-14-16-30(24)2/h6-14,16,23,26H,4-5,15,17-18H2,1-3H3,(H,29,33). The molecule has 4 rings (SSSR count). The second-order valence-electron chi connectivity index (χ2n) is 8.73. The van der Waals surface area contributed by atoms with Crippen LogP contribution in [0, 0.1) is 5.92 Å². The zero-order valence-corrected chi connectivity index (χ0v) is 20.4. The van der Waals surface area contributed by atoms with Gasteiger partial charge in [0.05, 0.1) is 19.1 Å². The van der Waals surface area contributed by atoms with E-state index in [4.69, 9.17) is 9.47 Å². The van der Waals surface area contributed by atoms with Crippen LogP contribution in [0.1, 0.15) is 43.6 Å². The van der Waals surface area contributed by atoms with E-state index in [-0.39, 0.29) is 24.3 Å². The van der Waals surface area contributed by atoms with Gasteiger partial charge in [-0.1, -0.05) is 25.5 Å². The lowest BCUT2D eigenvalue weighted by molar-refractivity contribution is -0.129. The molecule has 1 aliphatic heterocycles. The van der Waals surface area contributed by atoms with Gasteiger partial charge in [-0.25, -0.2) is 4.98 Å². The fourth-order valence-corrected chi connectivity index (χ4v) is 4.38. The van der Waals surface area contributed by atoms with E-state index in [2.05, 4.69) is 17.2 Å². The average Bonchev–Trinajstić information content (AvgIpc) is 3.44. The van der Waals surface area contributed by atoms with Crippen LogP contribution < -0.4 is 14.8 Å². The molecule has 1 fully saturated rings. The average molecular weight is 477 g/mol.